The fraction of sp³-hybridized carbons (Fsp3) is 0.0408. The molecule has 2 heterocycles. The van der Waals surface area contributed by atoms with Crippen molar-refractivity contribution in [3.8, 4) is 45.3 Å². The van der Waals surface area contributed by atoms with E-state index in [4.69, 9.17) is 19.4 Å². The summed E-state index contributed by atoms with van der Waals surface area (Å²) < 4.78 is 6.86. The summed E-state index contributed by atoms with van der Waals surface area (Å²) in [5.74, 6) is 3.16. The number of allylic oxidation sites excluding steroid dienone is 5. The third-order valence-corrected chi connectivity index (χ3v) is 10.9. The quantitative estimate of drug-likeness (QED) is 0.174. The molecule has 0 fully saturated rings. The number of fused-ring (bicyclic) bond motifs is 10. The minimum atomic E-state index is 0.180. The molecule has 0 N–H and O–H groups in total. The van der Waals surface area contributed by atoms with Gasteiger partial charge < -0.3 is 4.42 Å². The average molecular weight is 678 g/mol. The molecule has 53 heavy (non-hydrogen) atoms. The van der Waals surface area contributed by atoms with Crippen LogP contribution < -0.4 is 0 Å². The lowest BCUT2D eigenvalue weighted by Gasteiger charge is -2.25. The second-order valence-electron chi connectivity index (χ2n) is 13.9. The van der Waals surface area contributed by atoms with Crippen LogP contribution in [0, 0.1) is 5.92 Å². The Hall–Kier alpha value is -6.91. The summed E-state index contributed by atoms with van der Waals surface area (Å²) in [7, 11) is 0. The lowest BCUT2D eigenvalue weighted by Crippen LogP contribution is -2.12. The van der Waals surface area contributed by atoms with Crippen molar-refractivity contribution in [3.05, 3.63) is 181 Å². The number of furan rings is 1. The zero-order valence-electron chi connectivity index (χ0n) is 28.6. The lowest BCUT2D eigenvalue weighted by molar-refractivity contribution is 0.578. The van der Waals surface area contributed by atoms with E-state index in [9.17, 15) is 0 Å². The van der Waals surface area contributed by atoms with E-state index in [1.807, 2.05) is 30.3 Å². The van der Waals surface area contributed by atoms with Gasteiger partial charge in [-0.1, -0.05) is 158 Å². The van der Waals surface area contributed by atoms with Crippen molar-refractivity contribution < 1.29 is 4.42 Å². The van der Waals surface area contributed by atoms with Crippen LogP contribution in [0.15, 0.2) is 174 Å². The van der Waals surface area contributed by atoms with E-state index in [0.717, 1.165) is 49.9 Å². The van der Waals surface area contributed by atoms with Gasteiger partial charge in [0.05, 0.1) is 5.56 Å². The number of hydrogen-bond donors (Lipinski definition) is 0. The van der Waals surface area contributed by atoms with Crippen LogP contribution in [-0.2, 0) is 0 Å². The Kier molecular flexibility index (Phi) is 6.65. The lowest BCUT2D eigenvalue weighted by atomic mass is 9.77. The molecule has 11 rings (SSSR count). The van der Waals surface area contributed by atoms with Crippen molar-refractivity contribution >= 4 is 49.4 Å². The molecule has 248 valence electrons. The second-order valence-corrected chi connectivity index (χ2v) is 13.9. The Morgan fingerprint density at radius 3 is 1.92 bits per heavy atom. The van der Waals surface area contributed by atoms with Crippen LogP contribution >= 0.6 is 0 Å². The molecular weight excluding hydrogens is 647 g/mol. The molecule has 0 spiro atoms. The molecule has 0 bridgehead atoms. The minimum absolute atomic E-state index is 0.180. The third kappa shape index (κ3) is 4.80. The van der Waals surface area contributed by atoms with Gasteiger partial charge in [0.25, 0.3) is 0 Å². The monoisotopic (exact) mass is 677 g/mol. The zero-order valence-corrected chi connectivity index (χ0v) is 28.6. The summed E-state index contributed by atoms with van der Waals surface area (Å²) in [4.78, 5) is 15.5. The van der Waals surface area contributed by atoms with Gasteiger partial charge in [0, 0.05) is 33.9 Å². The van der Waals surface area contributed by atoms with Crippen LogP contribution in [0.25, 0.3) is 94.7 Å². The van der Waals surface area contributed by atoms with Crippen molar-refractivity contribution in [2.24, 2.45) is 5.92 Å². The Labute approximate surface area is 306 Å². The van der Waals surface area contributed by atoms with Gasteiger partial charge >= 0.3 is 0 Å². The zero-order chi connectivity index (χ0) is 34.9. The van der Waals surface area contributed by atoms with Crippen molar-refractivity contribution in [3.63, 3.8) is 0 Å². The summed E-state index contributed by atoms with van der Waals surface area (Å²) in [6.45, 7) is 0. The van der Waals surface area contributed by atoms with E-state index in [0.29, 0.717) is 17.5 Å². The molecule has 4 heteroatoms. The first-order chi connectivity index (χ1) is 26.3. The van der Waals surface area contributed by atoms with Crippen LogP contribution in [0.2, 0.25) is 0 Å². The van der Waals surface area contributed by atoms with Gasteiger partial charge in [0.2, 0.25) is 0 Å². The van der Waals surface area contributed by atoms with Crippen molar-refractivity contribution in [1.82, 2.24) is 15.0 Å². The molecule has 0 amide bonds. The van der Waals surface area contributed by atoms with E-state index >= 15 is 0 Å². The molecule has 9 aromatic rings. The number of nitrogens with zero attached hydrogens (tertiary/aromatic N) is 3. The molecule has 0 radical (unpaired) electrons. The highest BCUT2D eigenvalue weighted by molar-refractivity contribution is 6.17. The third-order valence-electron chi connectivity index (χ3n) is 10.9. The van der Waals surface area contributed by atoms with Gasteiger partial charge in [-0.3, -0.25) is 0 Å². The Balaban J connectivity index is 1.13. The highest BCUT2D eigenvalue weighted by Gasteiger charge is 2.32. The summed E-state index contributed by atoms with van der Waals surface area (Å²) in [5.41, 5.74) is 6.98. The largest absolute Gasteiger partial charge is 0.456 e. The van der Waals surface area contributed by atoms with E-state index in [-0.39, 0.29) is 11.8 Å². The molecule has 0 saturated heterocycles. The van der Waals surface area contributed by atoms with Gasteiger partial charge in [-0.25, -0.2) is 15.0 Å². The van der Waals surface area contributed by atoms with Gasteiger partial charge in [-0.15, -0.1) is 0 Å². The molecule has 0 saturated carbocycles. The molecule has 0 aliphatic heterocycles. The Bertz CT molecular complexity index is 3010. The molecule has 7 aromatic carbocycles. The normalized spacial score (nSPS) is 16.1. The van der Waals surface area contributed by atoms with Gasteiger partial charge in [-0.2, -0.15) is 0 Å². The highest BCUT2D eigenvalue weighted by atomic mass is 16.3. The Morgan fingerprint density at radius 1 is 0.453 bits per heavy atom. The van der Waals surface area contributed by atoms with Crippen LogP contribution in [0.5, 0.6) is 0 Å². The smallest absolute Gasteiger partial charge is 0.167 e. The average Bonchev–Trinajstić information content (AvgIpc) is 3.64. The van der Waals surface area contributed by atoms with Crippen LogP contribution in [0.3, 0.4) is 0 Å². The van der Waals surface area contributed by atoms with E-state index < -0.39 is 0 Å². The number of aromatic nitrogens is 3. The molecule has 2 aliphatic carbocycles. The number of benzene rings is 7. The predicted molar refractivity (Wildman–Crippen MR) is 217 cm³/mol. The first kappa shape index (κ1) is 29.8. The van der Waals surface area contributed by atoms with Crippen LogP contribution in [-0.4, -0.2) is 15.0 Å². The SMILES string of the molecule is C1=CC2C=Cc3oc4c(-c5nc(-c6ccccc6)nc(-c6ccc7c(ccc8c9ccccc9ccc78)c6)n5)ccc(-c5ccccc5)c4c3C2C=C1. The predicted octanol–water partition coefficient (Wildman–Crippen LogP) is 12.6. The molecular formula is C49H31N3O. The Morgan fingerprint density at radius 2 is 1.09 bits per heavy atom. The van der Waals surface area contributed by atoms with Crippen molar-refractivity contribution in [2.75, 3.05) is 0 Å². The molecule has 2 atom stereocenters. The van der Waals surface area contributed by atoms with Crippen molar-refractivity contribution in [2.45, 2.75) is 5.92 Å². The fourth-order valence-electron chi connectivity index (χ4n) is 8.34. The summed E-state index contributed by atoms with van der Waals surface area (Å²) in [5, 5.41) is 8.43. The van der Waals surface area contributed by atoms with E-state index in [1.54, 1.807) is 0 Å². The first-order valence-electron chi connectivity index (χ1n) is 18.1. The number of hydrogen-bond acceptors (Lipinski definition) is 4. The fourth-order valence-corrected chi connectivity index (χ4v) is 8.34. The van der Waals surface area contributed by atoms with Gasteiger partial charge in [-0.05, 0) is 61.7 Å². The highest BCUT2D eigenvalue weighted by Crippen LogP contribution is 2.48. The standard InChI is InChI=1S/C49H31N3O/c1-3-11-30(12-4-1)39-26-27-42(46-45(39)44-38-18-10-8-14-32(38)22-28-43(44)53-46)49-51-47(33-15-5-2-6-16-33)50-48(52-49)35-21-23-37-34(29-35)20-25-40-36-17-9-7-13-31(36)19-24-41(37)40/h1-29,32,38H. The van der Waals surface area contributed by atoms with Crippen LogP contribution in [0.1, 0.15) is 17.2 Å². The minimum Gasteiger partial charge on any atom is -0.456 e. The molecule has 2 aromatic heterocycles. The van der Waals surface area contributed by atoms with Crippen LogP contribution in [0.4, 0.5) is 0 Å². The summed E-state index contributed by atoms with van der Waals surface area (Å²) >= 11 is 0. The molecule has 4 nitrogen and oxygen atoms in total. The summed E-state index contributed by atoms with van der Waals surface area (Å²) in [6.07, 6.45) is 13.2. The van der Waals surface area contributed by atoms with Crippen molar-refractivity contribution in [1.29, 1.82) is 0 Å². The molecule has 2 unspecified atom stereocenters. The summed E-state index contributed by atoms with van der Waals surface area (Å²) in [6, 6.07) is 49.0. The second kappa shape index (κ2) is 11.8. The maximum Gasteiger partial charge on any atom is 0.167 e. The van der Waals surface area contributed by atoms with E-state index in [2.05, 4.69) is 146 Å². The maximum atomic E-state index is 6.86. The first-order valence-corrected chi connectivity index (χ1v) is 18.1. The maximum absolute atomic E-state index is 6.86. The van der Waals surface area contributed by atoms with E-state index in [1.165, 1.54) is 32.5 Å². The number of rotatable bonds is 4. The molecule has 2 aliphatic rings. The topological polar surface area (TPSA) is 51.8 Å². The van der Waals surface area contributed by atoms with Gasteiger partial charge in [0.1, 0.15) is 11.3 Å². The van der Waals surface area contributed by atoms with Gasteiger partial charge in [0.15, 0.2) is 17.5 Å².